The molecule has 4 nitrogen and oxygen atoms in total. The Morgan fingerprint density at radius 1 is 1.03 bits per heavy atom. The number of ketones is 1. The first-order valence-corrected chi connectivity index (χ1v) is 11.6. The highest BCUT2D eigenvalue weighted by Crippen LogP contribution is 2.42. The van der Waals surface area contributed by atoms with Gasteiger partial charge in [-0.3, -0.25) is 4.79 Å². The normalized spacial score (nSPS) is 11.1. The van der Waals surface area contributed by atoms with Crippen LogP contribution in [0.25, 0.3) is 21.2 Å². The van der Waals surface area contributed by atoms with Crippen molar-refractivity contribution in [2.45, 2.75) is 20.8 Å². The predicted octanol–water partition coefficient (Wildman–Crippen LogP) is 6.11. The molecule has 0 aliphatic carbocycles. The maximum absolute atomic E-state index is 13.7. The number of rotatable bonds is 8. The van der Waals surface area contributed by atoms with E-state index in [-0.39, 0.29) is 11.5 Å². The van der Waals surface area contributed by atoms with Crippen molar-refractivity contribution in [2.75, 3.05) is 19.7 Å². The fourth-order valence-corrected chi connectivity index (χ4v) is 5.16. The fourth-order valence-electron chi connectivity index (χ4n) is 3.95. The number of likely N-dealkylation sites (N-methyl/N-ethyl adjacent to an activating group) is 1. The molecule has 4 aromatic rings. The second kappa shape index (κ2) is 9.55. The zero-order chi connectivity index (χ0) is 22.7. The van der Waals surface area contributed by atoms with E-state index in [1.54, 1.807) is 12.1 Å². The highest BCUT2D eigenvalue weighted by molar-refractivity contribution is 7.21. The number of fused-ring (bicyclic) bond motifs is 1. The molecule has 3 aromatic carbocycles. The Bertz CT molecular complexity index is 1240. The average molecular weight is 446 g/mol. The summed E-state index contributed by atoms with van der Waals surface area (Å²) < 4.78 is 6.69. The molecule has 1 aromatic heterocycles. The largest absolute Gasteiger partial charge is 0.508 e. The molecule has 164 valence electrons. The van der Waals surface area contributed by atoms with Crippen LogP contribution in [0.3, 0.4) is 0 Å². The molecule has 0 saturated carbocycles. The van der Waals surface area contributed by atoms with Crippen molar-refractivity contribution in [3.05, 3.63) is 82.2 Å². The van der Waals surface area contributed by atoms with Gasteiger partial charge < -0.3 is 15.2 Å². The van der Waals surface area contributed by atoms with Gasteiger partial charge in [-0.1, -0.05) is 37.3 Å². The van der Waals surface area contributed by atoms with Gasteiger partial charge in [0.2, 0.25) is 5.78 Å². The van der Waals surface area contributed by atoms with Gasteiger partial charge in [0, 0.05) is 27.8 Å². The number of thiophene rings is 1. The molecule has 5 heteroatoms. The summed E-state index contributed by atoms with van der Waals surface area (Å²) >= 11 is 1.43. The van der Waals surface area contributed by atoms with Gasteiger partial charge in [0.15, 0.2) is 0 Å². The second-order valence-corrected chi connectivity index (χ2v) is 8.86. The Morgan fingerprint density at radius 2 is 1.75 bits per heavy atom. The van der Waals surface area contributed by atoms with Crippen molar-refractivity contribution < 1.29 is 14.6 Å². The van der Waals surface area contributed by atoms with E-state index < -0.39 is 0 Å². The van der Waals surface area contributed by atoms with Crippen molar-refractivity contribution in [1.82, 2.24) is 5.32 Å². The molecule has 0 aliphatic rings. The lowest BCUT2D eigenvalue weighted by molar-refractivity contribution is 0.104. The maximum Gasteiger partial charge on any atom is 0.204 e. The lowest BCUT2D eigenvalue weighted by Gasteiger charge is -2.11. The number of carbonyl (C=O) groups excluding carboxylic acids is 1. The minimum absolute atomic E-state index is 0.0160. The Labute approximate surface area is 192 Å². The SMILES string of the molecule is CCNCCOc1ccc(-c2c(C(=O)c3c(C)cccc3C)sc3cc(O)ccc23)cc1. The zero-order valence-corrected chi connectivity index (χ0v) is 19.4. The van der Waals surface area contributed by atoms with Crippen LogP contribution < -0.4 is 10.1 Å². The predicted molar refractivity (Wildman–Crippen MR) is 132 cm³/mol. The van der Waals surface area contributed by atoms with Crippen LogP contribution in [0.1, 0.15) is 33.3 Å². The summed E-state index contributed by atoms with van der Waals surface area (Å²) in [6.07, 6.45) is 0. The van der Waals surface area contributed by atoms with Crippen molar-refractivity contribution in [3.8, 4) is 22.6 Å². The molecule has 4 rings (SSSR count). The number of benzene rings is 3. The zero-order valence-electron chi connectivity index (χ0n) is 18.6. The smallest absolute Gasteiger partial charge is 0.204 e. The Hall–Kier alpha value is -3.15. The molecular formula is C27H27NO3S. The minimum Gasteiger partial charge on any atom is -0.508 e. The topological polar surface area (TPSA) is 58.6 Å². The summed E-state index contributed by atoms with van der Waals surface area (Å²) in [5, 5.41) is 14.2. The third-order valence-electron chi connectivity index (χ3n) is 5.53. The van der Waals surface area contributed by atoms with E-state index in [0.717, 1.165) is 56.7 Å². The van der Waals surface area contributed by atoms with Gasteiger partial charge in [-0.15, -0.1) is 11.3 Å². The molecule has 2 N–H and O–H groups in total. The fraction of sp³-hybridized carbons (Fsp3) is 0.222. The number of ether oxygens (including phenoxy) is 1. The second-order valence-electron chi connectivity index (χ2n) is 7.81. The quantitative estimate of drug-likeness (QED) is 0.254. The molecule has 0 unspecified atom stereocenters. The summed E-state index contributed by atoms with van der Waals surface area (Å²) in [7, 11) is 0. The number of hydrogen-bond acceptors (Lipinski definition) is 5. The molecule has 0 aliphatic heterocycles. The van der Waals surface area contributed by atoms with E-state index in [1.807, 2.05) is 62.4 Å². The van der Waals surface area contributed by atoms with Crippen LogP contribution in [0.15, 0.2) is 60.7 Å². The van der Waals surface area contributed by atoms with E-state index >= 15 is 0 Å². The van der Waals surface area contributed by atoms with E-state index in [0.29, 0.717) is 11.5 Å². The van der Waals surface area contributed by atoms with E-state index in [4.69, 9.17) is 4.74 Å². The van der Waals surface area contributed by atoms with Crippen LogP contribution >= 0.6 is 11.3 Å². The molecule has 0 fully saturated rings. The van der Waals surface area contributed by atoms with Gasteiger partial charge >= 0.3 is 0 Å². The third kappa shape index (κ3) is 4.40. The van der Waals surface area contributed by atoms with Crippen LogP contribution in [0.2, 0.25) is 0 Å². The van der Waals surface area contributed by atoms with E-state index in [1.165, 1.54) is 11.3 Å². The summed E-state index contributed by atoms with van der Waals surface area (Å²) in [6.45, 7) is 8.32. The molecule has 1 heterocycles. The van der Waals surface area contributed by atoms with Gasteiger partial charge in [-0.2, -0.15) is 0 Å². The monoisotopic (exact) mass is 445 g/mol. The summed E-state index contributed by atoms with van der Waals surface area (Å²) in [4.78, 5) is 14.4. The van der Waals surface area contributed by atoms with Gasteiger partial charge in [-0.05, 0) is 67.4 Å². The lowest BCUT2D eigenvalue weighted by atomic mass is 9.94. The number of aryl methyl sites for hydroxylation is 2. The number of hydrogen-bond donors (Lipinski definition) is 2. The minimum atomic E-state index is 0.0160. The number of phenols is 1. The van der Waals surface area contributed by atoms with Crippen LogP contribution in [-0.4, -0.2) is 30.6 Å². The third-order valence-corrected chi connectivity index (χ3v) is 6.68. The molecule has 0 spiro atoms. The van der Waals surface area contributed by atoms with E-state index in [9.17, 15) is 9.90 Å². The number of carbonyl (C=O) groups is 1. The first-order chi connectivity index (χ1) is 15.5. The van der Waals surface area contributed by atoms with E-state index in [2.05, 4.69) is 12.2 Å². The molecule has 0 radical (unpaired) electrons. The van der Waals surface area contributed by atoms with Crippen LogP contribution in [0.5, 0.6) is 11.5 Å². The van der Waals surface area contributed by atoms with Crippen LogP contribution in [0, 0.1) is 13.8 Å². The number of aromatic hydroxyl groups is 1. The van der Waals surface area contributed by atoms with Crippen LogP contribution in [-0.2, 0) is 0 Å². The highest BCUT2D eigenvalue weighted by atomic mass is 32.1. The van der Waals surface area contributed by atoms with Gasteiger partial charge in [0.05, 0.1) is 4.88 Å². The molecule has 0 amide bonds. The standard InChI is InChI=1S/C27H27NO3S/c1-4-28-14-15-31-21-11-8-19(9-12-21)25-22-13-10-20(29)16-23(22)32-27(25)26(30)24-17(2)6-5-7-18(24)3/h5-13,16,28-29H,4,14-15H2,1-3H3. The van der Waals surface area contributed by atoms with Crippen molar-refractivity contribution in [2.24, 2.45) is 0 Å². The first-order valence-electron chi connectivity index (χ1n) is 10.8. The Balaban J connectivity index is 1.78. The molecule has 0 saturated heterocycles. The van der Waals surface area contributed by atoms with Gasteiger partial charge in [-0.25, -0.2) is 0 Å². The van der Waals surface area contributed by atoms with Crippen LogP contribution in [0.4, 0.5) is 0 Å². The summed E-state index contributed by atoms with van der Waals surface area (Å²) in [5.74, 6) is 1.01. The number of nitrogens with one attached hydrogen (secondary N) is 1. The van der Waals surface area contributed by atoms with Crippen molar-refractivity contribution in [1.29, 1.82) is 0 Å². The lowest BCUT2D eigenvalue weighted by Crippen LogP contribution is -2.20. The van der Waals surface area contributed by atoms with Gasteiger partial charge in [0.1, 0.15) is 18.1 Å². The molecule has 32 heavy (non-hydrogen) atoms. The molecule has 0 atom stereocenters. The number of phenolic OH excluding ortho intramolecular Hbond substituents is 1. The Kier molecular flexibility index (Phi) is 6.58. The Morgan fingerprint density at radius 3 is 2.44 bits per heavy atom. The molecule has 0 bridgehead atoms. The summed E-state index contributed by atoms with van der Waals surface area (Å²) in [5.41, 5.74) is 4.52. The van der Waals surface area contributed by atoms with Crippen molar-refractivity contribution >= 4 is 27.2 Å². The molecular weight excluding hydrogens is 418 g/mol. The highest BCUT2D eigenvalue weighted by Gasteiger charge is 2.23. The summed E-state index contributed by atoms with van der Waals surface area (Å²) in [6, 6.07) is 19.1. The average Bonchev–Trinajstić information content (AvgIpc) is 3.15. The maximum atomic E-state index is 13.7. The van der Waals surface area contributed by atoms with Gasteiger partial charge in [0.25, 0.3) is 0 Å². The van der Waals surface area contributed by atoms with Crippen molar-refractivity contribution in [3.63, 3.8) is 0 Å². The first kappa shape index (κ1) is 22.1.